The molecule has 0 spiro atoms. The number of rotatable bonds is 6. The van der Waals surface area contributed by atoms with Crippen LogP contribution in [0.15, 0.2) is 38.6 Å². The number of nitrogens with one attached hydrogen (secondary N) is 1. The van der Waals surface area contributed by atoms with Crippen molar-refractivity contribution in [2.45, 2.75) is 32.7 Å². The lowest BCUT2D eigenvalue weighted by atomic mass is 10.0. The molecule has 1 N–H and O–H groups in total. The number of benzene rings is 1. The predicted molar refractivity (Wildman–Crippen MR) is 95.6 cm³/mol. The molecule has 1 aromatic heterocycles. The molecule has 1 unspecified atom stereocenters. The highest BCUT2D eigenvalue weighted by atomic mass is 79.9. The van der Waals surface area contributed by atoms with Crippen LogP contribution in [0.25, 0.3) is 0 Å². The summed E-state index contributed by atoms with van der Waals surface area (Å²) in [7, 11) is 0. The van der Waals surface area contributed by atoms with Crippen LogP contribution in [-0.2, 0) is 6.42 Å². The van der Waals surface area contributed by atoms with E-state index in [0.29, 0.717) is 6.04 Å². The molecule has 0 saturated heterocycles. The van der Waals surface area contributed by atoms with Crippen LogP contribution in [0.3, 0.4) is 0 Å². The first-order chi connectivity index (χ1) is 9.60. The van der Waals surface area contributed by atoms with E-state index in [-0.39, 0.29) is 0 Å². The Hall–Kier alpha value is -0.160. The molecule has 108 valence electrons. The molecule has 0 aliphatic carbocycles. The maximum Gasteiger partial charge on any atom is 0.0369 e. The zero-order valence-electron chi connectivity index (χ0n) is 11.7. The molecular weight excluding hydrogens is 398 g/mol. The van der Waals surface area contributed by atoms with E-state index < -0.39 is 0 Å². The fraction of sp³-hybridized carbons (Fsp3) is 0.375. The van der Waals surface area contributed by atoms with Crippen LogP contribution in [0, 0.1) is 6.92 Å². The lowest BCUT2D eigenvalue weighted by Gasteiger charge is -2.19. The summed E-state index contributed by atoms with van der Waals surface area (Å²) < 4.78 is 2.37. The summed E-state index contributed by atoms with van der Waals surface area (Å²) in [6.07, 6.45) is 2.17. The summed E-state index contributed by atoms with van der Waals surface area (Å²) in [5.41, 5.74) is 2.65. The van der Waals surface area contributed by atoms with Crippen LogP contribution in [-0.4, -0.2) is 6.54 Å². The normalized spacial score (nSPS) is 12.6. The molecule has 1 nitrogen and oxygen atoms in total. The fourth-order valence-electron chi connectivity index (χ4n) is 2.25. The molecule has 0 radical (unpaired) electrons. The number of aryl methyl sites for hydroxylation is 1. The monoisotopic (exact) mass is 415 g/mol. The summed E-state index contributed by atoms with van der Waals surface area (Å²) in [6, 6.07) is 9.15. The van der Waals surface area contributed by atoms with Gasteiger partial charge in [-0.25, -0.2) is 0 Å². The number of hydrogen-bond donors (Lipinski definition) is 1. The van der Waals surface area contributed by atoms with Gasteiger partial charge in [0.25, 0.3) is 0 Å². The highest BCUT2D eigenvalue weighted by molar-refractivity contribution is 9.10. The summed E-state index contributed by atoms with van der Waals surface area (Å²) >= 11 is 9.06. The van der Waals surface area contributed by atoms with Crippen molar-refractivity contribution in [3.8, 4) is 0 Å². The molecule has 0 fully saturated rings. The third-order valence-corrected chi connectivity index (χ3v) is 5.59. The molecule has 0 bridgehead atoms. The number of halogens is 2. The van der Waals surface area contributed by atoms with Gasteiger partial charge < -0.3 is 5.32 Å². The van der Waals surface area contributed by atoms with E-state index in [4.69, 9.17) is 0 Å². The van der Waals surface area contributed by atoms with Gasteiger partial charge in [-0.2, -0.15) is 0 Å². The van der Waals surface area contributed by atoms with E-state index in [0.717, 1.165) is 23.9 Å². The largest absolute Gasteiger partial charge is 0.310 e. The van der Waals surface area contributed by atoms with E-state index in [1.807, 2.05) is 11.3 Å². The molecule has 2 rings (SSSR count). The SMILES string of the molecule is CCCNC(Cc1sccc1Br)c1cc(C)cc(Br)c1. The van der Waals surface area contributed by atoms with Crippen LogP contribution in [0.2, 0.25) is 0 Å². The summed E-state index contributed by atoms with van der Waals surface area (Å²) in [4.78, 5) is 1.40. The second-order valence-corrected chi connectivity index (χ2v) is 7.74. The van der Waals surface area contributed by atoms with Crippen molar-refractivity contribution in [2.24, 2.45) is 0 Å². The van der Waals surface area contributed by atoms with Crippen LogP contribution in [0.4, 0.5) is 0 Å². The lowest BCUT2D eigenvalue weighted by Crippen LogP contribution is -2.24. The Balaban J connectivity index is 2.24. The molecular formula is C16H19Br2NS. The molecule has 1 aromatic carbocycles. The van der Waals surface area contributed by atoms with Gasteiger partial charge in [0.15, 0.2) is 0 Å². The van der Waals surface area contributed by atoms with Crippen molar-refractivity contribution in [1.29, 1.82) is 0 Å². The minimum absolute atomic E-state index is 0.362. The highest BCUT2D eigenvalue weighted by Crippen LogP contribution is 2.29. The van der Waals surface area contributed by atoms with Crippen LogP contribution in [0.1, 0.15) is 35.4 Å². The summed E-state index contributed by atoms with van der Waals surface area (Å²) in [5, 5.41) is 5.81. The first-order valence-corrected chi connectivity index (χ1v) is 9.29. The molecule has 0 aliphatic rings. The molecule has 2 aromatic rings. The smallest absolute Gasteiger partial charge is 0.0369 e. The third kappa shape index (κ3) is 4.42. The van der Waals surface area contributed by atoms with E-state index in [1.54, 1.807) is 0 Å². The van der Waals surface area contributed by atoms with E-state index in [2.05, 4.69) is 80.7 Å². The van der Waals surface area contributed by atoms with Crippen LogP contribution in [0.5, 0.6) is 0 Å². The van der Waals surface area contributed by atoms with E-state index >= 15 is 0 Å². The average molecular weight is 417 g/mol. The second-order valence-electron chi connectivity index (χ2n) is 4.96. The van der Waals surface area contributed by atoms with Crippen molar-refractivity contribution in [2.75, 3.05) is 6.54 Å². The van der Waals surface area contributed by atoms with Gasteiger partial charge in [-0.3, -0.25) is 0 Å². The first-order valence-electron chi connectivity index (χ1n) is 6.82. The van der Waals surface area contributed by atoms with E-state index in [1.165, 1.54) is 20.5 Å². The Kier molecular flexibility index (Phi) is 6.27. The third-order valence-electron chi connectivity index (χ3n) is 3.19. The van der Waals surface area contributed by atoms with Crippen molar-refractivity contribution in [3.05, 3.63) is 54.6 Å². The van der Waals surface area contributed by atoms with Gasteiger partial charge in [0, 0.05) is 26.3 Å². The van der Waals surface area contributed by atoms with Gasteiger partial charge in [-0.05, 0) is 70.5 Å². The maximum atomic E-state index is 3.67. The molecule has 1 atom stereocenters. The highest BCUT2D eigenvalue weighted by Gasteiger charge is 2.15. The molecule has 20 heavy (non-hydrogen) atoms. The molecule has 0 amide bonds. The minimum Gasteiger partial charge on any atom is -0.310 e. The Bertz CT molecular complexity index is 545. The number of hydrogen-bond acceptors (Lipinski definition) is 2. The molecule has 1 heterocycles. The van der Waals surface area contributed by atoms with E-state index in [9.17, 15) is 0 Å². The topological polar surface area (TPSA) is 12.0 Å². The van der Waals surface area contributed by atoms with Gasteiger partial charge in [0.2, 0.25) is 0 Å². The molecule has 4 heteroatoms. The standard InChI is InChI=1S/C16H19Br2NS/c1-3-5-19-15(10-16-14(18)4-6-20-16)12-7-11(2)8-13(17)9-12/h4,6-9,15,19H,3,5,10H2,1-2H3. The summed E-state index contributed by atoms with van der Waals surface area (Å²) in [5.74, 6) is 0. The fourth-order valence-corrected chi connectivity index (χ4v) is 4.44. The van der Waals surface area contributed by atoms with Gasteiger partial charge in [0.05, 0.1) is 0 Å². The van der Waals surface area contributed by atoms with Gasteiger partial charge >= 0.3 is 0 Å². The quantitative estimate of drug-likeness (QED) is 0.621. The van der Waals surface area contributed by atoms with Crippen molar-refractivity contribution < 1.29 is 0 Å². The predicted octanol–water partition coefficient (Wildman–Crippen LogP) is 5.86. The molecule has 0 aliphatic heterocycles. The minimum atomic E-state index is 0.362. The lowest BCUT2D eigenvalue weighted by molar-refractivity contribution is 0.531. The van der Waals surface area contributed by atoms with Crippen LogP contribution >= 0.6 is 43.2 Å². The summed E-state index contributed by atoms with van der Waals surface area (Å²) in [6.45, 7) is 5.39. The van der Waals surface area contributed by atoms with Gasteiger partial charge in [0.1, 0.15) is 0 Å². The average Bonchev–Trinajstić information content (AvgIpc) is 2.78. The van der Waals surface area contributed by atoms with Gasteiger partial charge in [-0.1, -0.05) is 28.9 Å². The maximum absolute atomic E-state index is 3.67. The Labute approximate surface area is 142 Å². The molecule has 0 saturated carbocycles. The van der Waals surface area contributed by atoms with Gasteiger partial charge in [-0.15, -0.1) is 11.3 Å². The second kappa shape index (κ2) is 7.74. The first kappa shape index (κ1) is 16.2. The number of thiophene rings is 1. The van der Waals surface area contributed by atoms with Crippen molar-refractivity contribution in [3.63, 3.8) is 0 Å². The van der Waals surface area contributed by atoms with Crippen molar-refractivity contribution in [1.82, 2.24) is 5.32 Å². The Morgan fingerprint density at radius 3 is 2.65 bits per heavy atom. The zero-order valence-corrected chi connectivity index (χ0v) is 15.7. The van der Waals surface area contributed by atoms with Crippen molar-refractivity contribution >= 4 is 43.2 Å². The van der Waals surface area contributed by atoms with Crippen LogP contribution < -0.4 is 5.32 Å². The zero-order chi connectivity index (χ0) is 14.5. The Morgan fingerprint density at radius 2 is 2.05 bits per heavy atom. The Morgan fingerprint density at radius 1 is 1.25 bits per heavy atom.